The number of aromatic nitrogens is 2. The van der Waals surface area contributed by atoms with Crippen LogP contribution in [-0.4, -0.2) is 10.1 Å². The third kappa shape index (κ3) is 1.90. The number of nitrogens with two attached hydrogens (primary N) is 1. The van der Waals surface area contributed by atoms with Crippen LogP contribution in [0, 0.1) is 6.92 Å². The van der Waals surface area contributed by atoms with E-state index in [0.29, 0.717) is 18.1 Å². The minimum absolute atomic E-state index is 0.593. The Hall–Kier alpha value is -1.84. The van der Waals surface area contributed by atoms with E-state index in [1.165, 1.54) is 0 Å². The summed E-state index contributed by atoms with van der Waals surface area (Å²) in [5.74, 6) is 1.29. The molecule has 2 N–H and O–H groups in total. The van der Waals surface area contributed by atoms with Crippen molar-refractivity contribution in [3.63, 3.8) is 0 Å². The molecule has 0 saturated carbocycles. The summed E-state index contributed by atoms with van der Waals surface area (Å²) in [7, 11) is 0. The highest BCUT2D eigenvalue weighted by molar-refractivity contribution is 5.39. The highest BCUT2D eigenvalue weighted by Crippen LogP contribution is 2.09. The Kier molecular flexibility index (Phi) is 2.18. The molecule has 2 rings (SSSR count). The van der Waals surface area contributed by atoms with Gasteiger partial charge in [0.25, 0.3) is 0 Å². The van der Waals surface area contributed by atoms with Gasteiger partial charge in [0.1, 0.15) is 0 Å². The van der Waals surface area contributed by atoms with E-state index in [1.54, 1.807) is 6.92 Å². The Bertz CT molecular complexity index is 419. The Morgan fingerprint density at radius 3 is 2.57 bits per heavy atom. The lowest BCUT2D eigenvalue weighted by molar-refractivity contribution is 0.388. The number of benzene rings is 1. The zero-order valence-corrected chi connectivity index (χ0v) is 7.90. The molecule has 0 atom stereocenters. The summed E-state index contributed by atoms with van der Waals surface area (Å²) in [5.41, 5.74) is 7.46. The van der Waals surface area contributed by atoms with Gasteiger partial charge in [-0.15, -0.1) is 0 Å². The number of anilines is 1. The van der Waals surface area contributed by atoms with Crippen LogP contribution in [0.4, 0.5) is 5.69 Å². The van der Waals surface area contributed by atoms with Crippen LogP contribution in [-0.2, 0) is 6.42 Å². The standard InChI is InChI=1S/C10H11N3O/c1-7-12-10(13-14-7)6-8-2-4-9(11)5-3-8/h2-5H,6,11H2,1H3. The summed E-state index contributed by atoms with van der Waals surface area (Å²) in [6.45, 7) is 1.78. The molecule has 1 heterocycles. The summed E-state index contributed by atoms with van der Waals surface area (Å²) >= 11 is 0. The number of nitrogens with zero attached hydrogens (tertiary/aromatic N) is 2. The fourth-order valence-electron chi connectivity index (χ4n) is 1.23. The predicted molar refractivity (Wildman–Crippen MR) is 52.7 cm³/mol. The average molecular weight is 189 g/mol. The van der Waals surface area contributed by atoms with Crippen LogP contribution in [0.2, 0.25) is 0 Å². The van der Waals surface area contributed by atoms with Crippen LogP contribution in [0.25, 0.3) is 0 Å². The van der Waals surface area contributed by atoms with Crippen LogP contribution in [0.5, 0.6) is 0 Å². The molecule has 1 aromatic heterocycles. The van der Waals surface area contributed by atoms with Crippen LogP contribution >= 0.6 is 0 Å². The number of hydrogen-bond acceptors (Lipinski definition) is 4. The second kappa shape index (κ2) is 3.49. The molecule has 2 aromatic rings. The molecular formula is C10H11N3O. The molecule has 1 aromatic carbocycles. The first kappa shape index (κ1) is 8.74. The topological polar surface area (TPSA) is 64.9 Å². The highest BCUT2D eigenvalue weighted by atomic mass is 16.5. The van der Waals surface area contributed by atoms with E-state index < -0.39 is 0 Å². The number of rotatable bonds is 2. The van der Waals surface area contributed by atoms with E-state index in [2.05, 4.69) is 10.1 Å². The largest absolute Gasteiger partial charge is 0.399 e. The maximum atomic E-state index is 5.57. The summed E-state index contributed by atoms with van der Waals surface area (Å²) < 4.78 is 4.87. The van der Waals surface area contributed by atoms with Gasteiger partial charge in [-0.05, 0) is 17.7 Å². The van der Waals surface area contributed by atoms with Gasteiger partial charge in [-0.1, -0.05) is 17.3 Å². The van der Waals surface area contributed by atoms with Crippen LogP contribution in [0.1, 0.15) is 17.3 Å². The highest BCUT2D eigenvalue weighted by Gasteiger charge is 2.02. The van der Waals surface area contributed by atoms with Gasteiger partial charge in [0.15, 0.2) is 5.82 Å². The summed E-state index contributed by atoms with van der Waals surface area (Å²) in [6, 6.07) is 7.65. The second-order valence-electron chi connectivity index (χ2n) is 3.15. The summed E-state index contributed by atoms with van der Waals surface area (Å²) in [4.78, 5) is 4.12. The van der Waals surface area contributed by atoms with E-state index in [1.807, 2.05) is 24.3 Å². The third-order valence-electron chi connectivity index (χ3n) is 1.91. The van der Waals surface area contributed by atoms with Crippen molar-refractivity contribution >= 4 is 5.69 Å². The molecule has 0 aliphatic heterocycles. The summed E-state index contributed by atoms with van der Waals surface area (Å²) in [6.07, 6.45) is 0.678. The third-order valence-corrected chi connectivity index (χ3v) is 1.91. The van der Waals surface area contributed by atoms with Gasteiger partial charge < -0.3 is 10.3 Å². The second-order valence-corrected chi connectivity index (χ2v) is 3.15. The van der Waals surface area contributed by atoms with E-state index >= 15 is 0 Å². The van der Waals surface area contributed by atoms with Gasteiger partial charge in [0.05, 0.1) is 0 Å². The van der Waals surface area contributed by atoms with Crippen molar-refractivity contribution in [2.45, 2.75) is 13.3 Å². The molecule has 0 spiro atoms. The van der Waals surface area contributed by atoms with Gasteiger partial charge in [0.2, 0.25) is 5.89 Å². The van der Waals surface area contributed by atoms with E-state index in [9.17, 15) is 0 Å². The van der Waals surface area contributed by atoms with E-state index in [0.717, 1.165) is 11.3 Å². The first-order valence-corrected chi connectivity index (χ1v) is 4.37. The molecule has 0 aliphatic carbocycles. The molecule has 0 saturated heterocycles. The lowest BCUT2D eigenvalue weighted by Crippen LogP contribution is -1.91. The van der Waals surface area contributed by atoms with Crippen molar-refractivity contribution in [1.82, 2.24) is 10.1 Å². The Labute approximate surface area is 81.7 Å². The Morgan fingerprint density at radius 2 is 2.00 bits per heavy atom. The van der Waals surface area contributed by atoms with Gasteiger partial charge >= 0.3 is 0 Å². The average Bonchev–Trinajstić information content (AvgIpc) is 2.56. The van der Waals surface area contributed by atoms with Crippen molar-refractivity contribution < 1.29 is 4.52 Å². The molecule has 0 bridgehead atoms. The Morgan fingerprint density at radius 1 is 1.29 bits per heavy atom. The van der Waals surface area contributed by atoms with Crippen molar-refractivity contribution in [3.05, 3.63) is 41.5 Å². The quantitative estimate of drug-likeness (QED) is 0.728. The molecule has 0 unspecified atom stereocenters. The maximum absolute atomic E-state index is 5.57. The maximum Gasteiger partial charge on any atom is 0.223 e. The van der Waals surface area contributed by atoms with Crippen molar-refractivity contribution in [2.24, 2.45) is 0 Å². The minimum Gasteiger partial charge on any atom is -0.399 e. The Balaban J connectivity index is 2.15. The first-order valence-electron chi connectivity index (χ1n) is 4.37. The minimum atomic E-state index is 0.593. The number of aryl methyl sites for hydroxylation is 1. The van der Waals surface area contributed by atoms with Crippen molar-refractivity contribution in [1.29, 1.82) is 0 Å². The molecule has 0 radical (unpaired) electrons. The lowest BCUT2D eigenvalue weighted by Gasteiger charge is -1.96. The van der Waals surface area contributed by atoms with Crippen LogP contribution in [0.15, 0.2) is 28.8 Å². The predicted octanol–water partition coefficient (Wildman–Crippen LogP) is 1.55. The monoisotopic (exact) mass is 189 g/mol. The van der Waals surface area contributed by atoms with Crippen LogP contribution in [0.3, 0.4) is 0 Å². The zero-order chi connectivity index (χ0) is 9.97. The summed E-state index contributed by atoms with van der Waals surface area (Å²) in [5, 5.41) is 3.82. The van der Waals surface area contributed by atoms with E-state index in [4.69, 9.17) is 10.3 Å². The van der Waals surface area contributed by atoms with Crippen molar-refractivity contribution in [3.8, 4) is 0 Å². The number of nitrogen functional groups attached to an aromatic ring is 1. The molecule has 4 nitrogen and oxygen atoms in total. The molecule has 0 amide bonds. The normalized spacial score (nSPS) is 10.4. The lowest BCUT2D eigenvalue weighted by atomic mass is 10.1. The first-order chi connectivity index (χ1) is 6.74. The van der Waals surface area contributed by atoms with Gasteiger partial charge in [0, 0.05) is 19.0 Å². The SMILES string of the molecule is Cc1nc(Cc2ccc(N)cc2)no1. The molecule has 0 fully saturated rings. The molecule has 72 valence electrons. The van der Waals surface area contributed by atoms with Crippen molar-refractivity contribution in [2.75, 3.05) is 5.73 Å². The molecular weight excluding hydrogens is 178 g/mol. The smallest absolute Gasteiger partial charge is 0.223 e. The van der Waals surface area contributed by atoms with Gasteiger partial charge in [-0.3, -0.25) is 0 Å². The fourth-order valence-corrected chi connectivity index (χ4v) is 1.23. The molecule has 14 heavy (non-hydrogen) atoms. The van der Waals surface area contributed by atoms with Gasteiger partial charge in [-0.25, -0.2) is 0 Å². The van der Waals surface area contributed by atoms with Crippen LogP contribution < -0.4 is 5.73 Å². The van der Waals surface area contributed by atoms with Gasteiger partial charge in [-0.2, -0.15) is 4.98 Å². The molecule has 0 aliphatic rings. The number of hydrogen-bond donors (Lipinski definition) is 1. The van der Waals surface area contributed by atoms with E-state index in [-0.39, 0.29) is 0 Å². The fraction of sp³-hybridized carbons (Fsp3) is 0.200. The molecule has 4 heteroatoms. The zero-order valence-electron chi connectivity index (χ0n) is 7.90.